The molecule has 0 spiro atoms. The lowest BCUT2D eigenvalue weighted by atomic mass is 9.90. The highest BCUT2D eigenvalue weighted by atomic mass is 16.5. The van der Waals surface area contributed by atoms with Crippen LogP contribution in [0, 0.1) is 13.8 Å². The highest BCUT2D eigenvalue weighted by Crippen LogP contribution is 2.37. The zero-order valence-corrected chi connectivity index (χ0v) is 13.0. The first-order valence-electron chi connectivity index (χ1n) is 7.63. The average molecular weight is 296 g/mol. The Morgan fingerprint density at radius 2 is 1.91 bits per heavy atom. The predicted octanol–water partition coefficient (Wildman–Crippen LogP) is 3.92. The third kappa shape index (κ3) is 2.71. The molecule has 114 valence electrons. The van der Waals surface area contributed by atoms with Crippen LogP contribution in [0.15, 0.2) is 30.3 Å². The second-order valence-electron chi connectivity index (χ2n) is 5.91. The van der Waals surface area contributed by atoms with Crippen LogP contribution in [0.3, 0.4) is 0 Å². The van der Waals surface area contributed by atoms with E-state index in [0.29, 0.717) is 5.75 Å². The Kier molecular flexibility index (Phi) is 3.88. The summed E-state index contributed by atoms with van der Waals surface area (Å²) in [7, 11) is 0. The maximum Gasteiger partial charge on any atom is 0.341 e. The maximum absolute atomic E-state index is 10.6. The molecule has 1 aliphatic carbocycles. The van der Waals surface area contributed by atoms with Crippen LogP contribution >= 0.6 is 0 Å². The fourth-order valence-electron chi connectivity index (χ4n) is 3.43. The van der Waals surface area contributed by atoms with E-state index in [1.165, 1.54) is 35.1 Å². The van der Waals surface area contributed by atoms with E-state index in [1.54, 1.807) is 0 Å². The maximum atomic E-state index is 10.6. The molecule has 1 aliphatic rings. The number of carboxylic acid groups (broad SMARTS) is 1. The molecule has 0 atom stereocenters. The van der Waals surface area contributed by atoms with Gasteiger partial charge in [0.15, 0.2) is 6.61 Å². The molecule has 0 unspecified atom stereocenters. The molecule has 1 N–H and O–H groups in total. The van der Waals surface area contributed by atoms with E-state index in [2.05, 4.69) is 32.0 Å². The molecule has 22 heavy (non-hydrogen) atoms. The lowest BCUT2D eigenvalue weighted by Gasteiger charge is -2.16. The van der Waals surface area contributed by atoms with Crippen molar-refractivity contribution in [3.63, 3.8) is 0 Å². The molecular weight excluding hydrogens is 276 g/mol. The summed E-state index contributed by atoms with van der Waals surface area (Å²) in [4.78, 5) is 10.6. The van der Waals surface area contributed by atoms with Crippen LogP contribution in [-0.4, -0.2) is 17.7 Å². The largest absolute Gasteiger partial charge is 0.482 e. The molecule has 0 fully saturated rings. The highest BCUT2D eigenvalue weighted by Gasteiger charge is 2.18. The Morgan fingerprint density at radius 3 is 2.59 bits per heavy atom. The van der Waals surface area contributed by atoms with E-state index < -0.39 is 5.97 Å². The van der Waals surface area contributed by atoms with Crippen LogP contribution in [0.5, 0.6) is 5.75 Å². The number of benzene rings is 2. The molecule has 0 aliphatic heterocycles. The van der Waals surface area contributed by atoms with Crippen molar-refractivity contribution in [2.75, 3.05) is 6.61 Å². The summed E-state index contributed by atoms with van der Waals surface area (Å²) >= 11 is 0. The molecule has 3 nitrogen and oxygen atoms in total. The second-order valence-corrected chi connectivity index (χ2v) is 5.91. The smallest absolute Gasteiger partial charge is 0.341 e. The van der Waals surface area contributed by atoms with Gasteiger partial charge in [-0.3, -0.25) is 0 Å². The molecule has 0 saturated carbocycles. The molecule has 0 heterocycles. The Morgan fingerprint density at radius 1 is 1.18 bits per heavy atom. The molecule has 0 amide bonds. The molecule has 3 rings (SSSR count). The van der Waals surface area contributed by atoms with Gasteiger partial charge in [-0.1, -0.05) is 18.2 Å². The van der Waals surface area contributed by atoms with Crippen LogP contribution in [0.2, 0.25) is 0 Å². The van der Waals surface area contributed by atoms with Crippen molar-refractivity contribution in [3.05, 3.63) is 52.6 Å². The van der Waals surface area contributed by atoms with E-state index in [0.717, 1.165) is 17.5 Å². The van der Waals surface area contributed by atoms with Gasteiger partial charge >= 0.3 is 5.97 Å². The van der Waals surface area contributed by atoms with Gasteiger partial charge in [-0.15, -0.1) is 0 Å². The highest BCUT2D eigenvalue weighted by molar-refractivity contribution is 5.76. The van der Waals surface area contributed by atoms with E-state index in [1.807, 2.05) is 12.1 Å². The lowest BCUT2D eigenvalue weighted by Crippen LogP contribution is -2.09. The van der Waals surface area contributed by atoms with Gasteiger partial charge in [0.25, 0.3) is 0 Å². The molecule has 0 radical (unpaired) electrons. The van der Waals surface area contributed by atoms with Crippen LogP contribution in [0.25, 0.3) is 11.1 Å². The van der Waals surface area contributed by atoms with Gasteiger partial charge in [-0.2, -0.15) is 0 Å². The van der Waals surface area contributed by atoms with Crippen LogP contribution in [0.4, 0.5) is 0 Å². The topological polar surface area (TPSA) is 46.5 Å². The first-order valence-corrected chi connectivity index (χ1v) is 7.63. The Hall–Kier alpha value is -2.29. The number of hydrogen-bond acceptors (Lipinski definition) is 2. The molecule has 2 aromatic rings. The van der Waals surface area contributed by atoms with Crippen molar-refractivity contribution in [3.8, 4) is 16.9 Å². The van der Waals surface area contributed by atoms with Crippen LogP contribution in [-0.2, 0) is 17.6 Å². The number of hydrogen-bond donors (Lipinski definition) is 1. The molecule has 3 heteroatoms. The van der Waals surface area contributed by atoms with Gasteiger partial charge in [0.05, 0.1) is 0 Å². The van der Waals surface area contributed by atoms with Crippen LogP contribution < -0.4 is 4.74 Å². The van der Waals surface area contributed by atoms with Crippen molar-refractivity contribution in [1.29, 1.82) is 0 Å². The third-order valence-electron chi connectivity index (χ3n) is 4.28. The lowest BCUT2D eigenvalue weighted by molar-refractivity contribution is -0.139. The molecule has 2 aromatic carbocycles. The summed E-state index contributed by atoms with van der Waals surface area (Å²) in [5.41, 5.74) is 7.74. The number of rotatable bonds is 4. The minimum absolute atomic E-state index is 0.307. The zero-order chi connectivity index (χ0) is 15.7. The molecule has 0 aromatic heterocycles. The Bertz CT molecular complexity index is 708. The van der Waals surface area contributed by atoms with Gasteiger partial charge in [0.1, 0.15) is 5.75 Å². The number of aliphatic carboxylic acids is 1. The number of fused-ring (bicyclic) bond motifs is 1. The minimum Gasteiger partial charge on any atom is -0.482 e. The van der Waals surface area contributed by atoms with Gasteiger partial charge < -0.3 is 9.84 Å². The first-order chi connectivity index (χ1) is 10.6. The monoisotopic (exact) mass is 296 g/mol. The summed E-state index contributed by atoms with van der Waals surface area (Å²) in [6, 6.07) is 10.4. The number of carbonyl (C=O) groups is 1. The van der Waals surface area contributed by atoms with Crippen molar-refractivity contribution in [2.45, 2.75) is 33.1 Å². The van der Waals surface area contributed by atoms with Gasteiger partial charge in [0.2, 0.25) is 0 Å². The number of ether oxygens (including phenoxy) is 1. The zero-order valence-electron chi connectivity index (χ0n) is 13.0. The van der Waals surface area contributed by atoms with Crippen molar-refractivity contribution < 1.29 is 14.6 Å². The molecular formula is C19H20O3. The normalized spacial score (nSPS) is 13.0. The summed E-state index contributed by atoms with van der Waals surface area (Å²) in [6.07, 6.45) is 3.53. The summed E-state index contributed by atoms with van der Waals surface area (Å²) in [5.74, 6) is -0.339. The van der Waals surface area contributed by atoms with Crippen molar-refractivity contribution in [1.82, 2.24) is 0 Å². The van der Waals surface area contributed by atoms with Gasteiger partial charge in [-0.05, 0) is 78.6 Å². The van der Waals surface area contributed by atoms with Crippen molar-refractivity contribution in [2.24, 2.45) is 0 Å². The molecule has 0 saturated heterocycles. The second kappa shape index (κ2) is 5.84. The fraction of sp³-hybridized carbons (Fsp3) is 0.316. The molecule has 0 bridgehead atoms. The van der Waals surface area contributed by atoms with E-state index in [4.69, 9.17) is 9.84 Å². The standard InChI is InChI=1S/C19H20O3/c1-12-9-15(22-11-18(20)21)10-13(2)19(12)17-8-4-6-14-5-3-7-16(14)17/h4,6,8-10H,3,5,7,11H2,1-2H3,(H,20,21). The van der Waals surface area contributed by atoms with Gasteiger partial charge in [-0.25, -0.2) is 4.79 Å². The SMILES string of the molecule is Cc1cc(OCC(=O)O)cc(C)c1-c1cccc2c1CCC2. The fourth-order valence-corrected chi connectivity index (χ4v) is 3.43. The van der Waals surface area contributed by atoms with E-state index in [9.17, 15) is 4.79 Å². The Labute approximate surface area is 130 Å². The van der Waals surface area contributed by atoms with Gasteiger partial charge in [0, 0.05) is 0 Å². The summed E-state index contributed by atoms with van der Waals surface area (Å²) < 4.78 is 5.31. The Balaban J connectivity index is 2.02. The summed E-state index contributed by atoms with van der Waals surface area (Å²) in [6.45, 7) is 3.81. The van der Waals surface area contributed by atoms with Crippen molar-refractivity contribution >= 4 is 5.97 Å². The third-order valence-corrected chi connectivity index (χ3v) is 4.28. The average Bonchev–Trinajstić information content (AvgIpc) is 2.93. The van der Waals surface area contributed by atoms with E-state index in [-0.39, 0.29) is 6.61 Å². The van der Waals surface area contributed by atoms with E-state index >= 15 is 0 Å². The number of aryl methyl sites for hydroxylation is 3. The minimum atomic E-state index is -0.958. The summed E-state index contributed by atoms with van der Waals surface area (Å²) in [5, 5.41) is 8.73. The number of carboxylic acids is 1. The predicted molar refractivity (Wildman–Crippen MR) is 86.5 cm³/mol. The quantitative estimate of drug-likeness (QED) is 0.930. The first kappa shape index (κ1) is 14.6. The van der Waals surface area contributed by atoms with Crippen LogP contribution in [0.1, 0.15) is 28.7 Å².